The van der Waals surface area contributed by atoms with Gasteiger partial charge >= 0.3 is 0 Å². The van der Waals surface area contributed by atoms with Gasteiger partial charge in [0.1, 0.15) is 5.82 Å². The SMILES string of the molecule is O=C(NCC(=O)N1CCCN(Cc2ccc(F)cc2)CC1)c1ccc(-c2ccccc2)cc1. The van der Waals surface area contributed by atoms with Gasteiger partial charge in [-0.25, -0.2) is 4.39 Å². The van der Waals surface area contributed by atoms with E-state index in [2.05, 4.69) is 10.2 Å². The van der Waals surface area contributed by atoms with Gasteiger partial charge in [0, 0.05) is 38.3 Å². The van der Waals surface area contributed by atoms with Gasteiger partial charge in [-0.1, -0.05) is 54.6 Å². The van der Waals surface area contributed by atoms with E-state index in [-0.39, 0.29) is 24.2 Å². The fourth-order valence-electron chi connectivity index (χ4n) is 4.04. The van der Waals surface area contributed by atoms with Crippen molar-refractivity contribution < 1.29 is 14.0 Å². The molecule has 3 aromatic carbocycles. The smallest absolute Gasteiger partial charge is 0.251 e. The van der Waals surface area contributed by atoms with Gasteiger partial charge in [0.15, 0.2) is 0 Å². The Bertz CT molecular complexity index is 1070. The molecule has 0 aliphatic carbocycles. The third kappa shape index (κ3) is 6.26. The third-order valence-electron chi connectivity index (χ3n) is 5.92. The maximum absolute atomic E-state index is 13.1. The van der Waals surface area contributed by atoms with Crippen molar-refractivity contribution in [2.24, 2.45) is 0 Å². The standard InChI is InChI=1S/C27H28FN3O2/c28-25-13-7-21(8-14-25)20-30-15-4-16-31(18-17-30)26(32)19-29-27(33)24-11-9-23(10-12-24)22-5-2-1-3-6-22/h1-3,5-14H,4,15-20H2,(H,29,33). The summed E-state index contributed by atoms with van der Waals surface area (Å²) < 4.78 is 13.1. The number of carbonyl (C=O) groups excluding carboxylic acids is 2. The maximum atomic E-state index is 13.1. The van der Waals surface area contributed by atoms with Crippen LogP contribution in [0.25, 0.3) is 11.1 Å². The number of hydrogen-bond donors (Lipinski definition) is 1. The van der Waals surface area contributed by atoms with E-state index in [1.165, 1.54) is 12.1 Å². The van der Waals surface area contributed by atoms with E-state index in [4.69, 9.17) is 0 Å². The molecule has 0 bridgehead atoms. The lowest BCUT2D eigenvalue weighted by Gasteiger charge is -2.22. The number of nitrogens with zero attached hydrogens (tertiary/aromatic N) is 2. The minimum atomic E-state index is -0.254. The summed E-state index contributed by atoms with van der Waals surface area (Å²) in [5.41, 5.74) is 3.72. The summed E-state index contributed by atoms with van der Waals surface area (Å²) in [6.07, 6.45) is 0.863. The van der Waals surface area contributed by atoms with Crippen molar-refractivity contribution in [3.05, 3.63) is 95.8 Å². The Labute approximate surface area is 193 Å². The number of rotatable bonds is 6. The molecule has 0 unspecified atom stereocenters. The molecule has 5 nitrogen and oxygen atoms in total. The number of halogens is 1. The molecule has 0 radical (unpaired) electrons. The van der Waals surface area contributed by atoms with Crippen LogP contribution in [0.4, 0.5) is 4.39 Å². The minimum absolute atomic E-state index is 0.0166. The predicted octanol–water partition coefficient (Wildman–Crippen LogP) is 3.96. The monoisotopic (exact) mass is 445 g/mol. The summed E-state index contributed by atoms with van der Waals surface area (Å²) >= 11 is 0. The van der Waals surface area contributed by atoms with Crippen LogP contribution in [0.3, 0.4) is 0 Å². The summed E-state index contributed by atoms with van der Waals surface area (Å²) in [7, 11) is 0. The highest BCUT2D eigenvalue weighted by Gasteiger charge is 2.20. The van der Waals surface area contributed by atoms with Crippen LogP contribution in [-0.2, 0) is 11.3 Å². The summed E-state index contributed by atoms with van der Waals surface area (Å²) in [6, 6.07) is 23.9. The van der Waals surface area contributed by atoms with Crippen LogP contribution >= 0.6 is 0 Å². The summed E-state index contributed by atoms with van der Waals surface area (Å²) in [4.78, 5) is 29.3. The zero-order valence-corrected chi connectivity index (χ0v) is 18.5. The average molecular weight is 446 g/mol. The highest BCUT2D eigenvalue weighted by molar-refractivity contribution is 5.96. The first-order valence-corrected chi connectivity index (χ1v) is 11.3. The molecule has 6 heteroatoms. The Hall–Kier alpha value is -3.51. The van der Waals surface area contributed by atoms with Crippen LogP contribution in [0.1, 0.15) is 22.3 Å². The Kier molecular flexibility index (Phi) is 7.47. The number of hydrogen-bond acceptors (Lipinski definition) is 3. The van der Waals surface area contributed by atoms with Crippen molar-refractivity contribution in [2.45, 2.75) is 13.0 Å². The Balaban J connectivity index is 1.25. The van der Waals surface area contributed by atoms with Crippen molar-refractivity contribution in [3.63, 3.8) is 0 Å². The molecule has 0 atom stereocenters. The molecule has 1 fully saturated rings. The van der Waals surface area contributed by atoms with Gasteiger partial charge in [0.2, 0.25) is 5.91 Å². The van der Waals surface area contributed by atoms with E-state index in [0.717, 1.165) is 42.7 Å². The van der Waals surface area contributed by atoms with Crippen LogP contribution in [0.2, 0.25) is 0 Å². The van der Waals surface area contributed by atoms with Gasteiger partial charge in [-0.15, -0.1) is 0 Å². The first kappa shape index (κ1) is 22.7. The minimum Gasteiger partial charge on any atom is -0.343 e. The molecule has 2 amide bonds. The van der Waals surface area contributed by atoms with Crippen LogP contribution in [0, 0.1) is 5.82 Å². The molecule has 33 heavy (non-hydrogen) atoms. The van der Waals surface area contributed by atoms with Crippen molar-refractivity contribution >= 4 is 11.8 Å². The largest absolute Gasteiger partial charge is 0.343 e. The Morgan fingerprint density at radius 1 is 0.788 bits per heavy atom. The fourth-order valence-corrected chi connectivity index (χ4v) is 4.04. The molecule has 0 aromatic heterocycles. The van der Waals surface area contributed by atoms with Crippen molar-refractivity contribution in [1.29, 1.82) is 0 Å². The lowest BCUT2D eigenvalue weighted by atomic mass is 10.0. The van der Waals surface area contributed by atoms with Gasteiger partial charge in [0.05, 0.1) is 6.54 Å². The normalized spacial score (nSPS) is 14.5. The van der Waals surface area contributed by atoms with Gasteiger partial charge in [-0.2, -0.15) is 0 Å². The lowest BCUT2D eigenvalue weighted by Crippen LogP contribution is -2.42. The van der Waals surface area contributed by atoms with Crippen LogP contribution < -0.4 is 5.32 Å². The summed E-state index contributed by atoms with van der Waals surface area (Å²) in [5, 5.41) is 2.75. The molecule has 1 saturated heterocycles. The maximum Gasteiger partial charge on any atom is 0.251 e. The van der Waals surface area contributed by atoms with Gasteiger partial charge in [0.25, 0.3) is 5.91 Å². The molecule has 3 aromatic rings. The van der Waals surface area contributed by atoms with E-state index in [1.54, 1.807) is 24.3 Å². The topological polar surface area (TPSA) is 52.7 Å². The fraction of sp³-hybridized carbons (Fsp3) is 0.259. The van der Waals surface area contributed by atoms with Crippen LogP contribution in [-0.4, -0.2) is 54.3 Å². The zero-order valence-electron chi connectivity index (χ0n) is 18.5. The molecule has 4 rings (SSSR count). The van der Waals surface area contributed by atoms with Crippen molar-refractivity contribution in [3.8, 4) is 11.1 Å². The second-order valence-corrected chi connectivity index (χ2v) is 8.26. The van der Waals surface area contributed by atoms with Crippen LogP contribution in [0.5, 0.6) is 0 Å². The summed E-state index contributed by atoms with van der Waals surface area (Å²) in [5.74, 6) is -0.566. The van der Waals surface area contributed by atoms with Gasteiger partial charge in [-0.3, -0.25) is 14.5 Å². The van der Waals surface area contributed by atoms with Gasteiger partial charge < -0.3 is 10.2 Å². The third-order valence-corrected chi connectivity index (χ3v) is 5.92. The second-order valence-electron chi connectivity index (χ2n) is 8.26. The van der Waals surface area contributed by atoms with E-state index in [9.17, 15) is 14.0 Å². The number of nitrogens with one attached hydrogen (secondary N) is 1. The highest BCUT2D eigenvalue weighted by Crippen LogP contribution is 2.19. The Morgan fingerprint density at radius 3 is 2.21 bits per heavy atom. The predicted molar refractivity (Wildman–Crippen MR) is 127 cm³/mol. The van der Waals surface area contributed by atoms with Crippen molar-refractivity contribution in [1.82, 2.24) is 15.1 Å². The van der Waals surface area contributed by atoms with E-state index >= 15 is 0 Å². The molecule has 0 saturated carbocycles. The molecule has 1 N–H and O–H groups in total. The molecule has 1 aliphatic heterocycles. The highest BCUT2D eigenvalue weighted by atomic mass is 19.1. The van der Waals surface area contributed by atoms with Crippen molar-refractivity contribution in [2.75, 3.05) is 32.7 Å². The number of amides is 2. The van der Waals surface area contributed by atoms with E-state index < -0.39 is 0 Å². The zero-order chi connectivity index (χ0) is 23.0. The van der Waals surface area contributed by atoms with Gasteiger partial charge in [-0.05, 0) is 47.4 Å². The molecular weight excluding hydrogens is 417 g/mol. The Morgan fingerprint density at radius 2 is 1.48 bits per heavy atom. The average Bonchev–Trinajstić information content (AvgIpc) is 3.10. The first-order chi connectivity index (χ1) is 16.1. The first-order valence-electron chi connectivity index (χ1n) is 11.3. The second kappa shape index (κ2) is 10.9. The number of carbonyl (C=O) groups is 2. The van der Waals surface area contributed by atoms with E-state index in [0.29, 0.717) is 18.7 Å². The van der Waals surface area contributed by atoms with E-state index in [1.807, 2.05) is 47.4 Å². The summed E-state index contributed by atoms with van der Waals surface area (Å²) in [6.45, 7) is 3.62. The lowest BCUT2D eigenvalue weighted by molar-refractivity contribution is -0.130. The number of benzene rings is 3. The molecular formula is C27H28FN3O2. The molecule has 1 heterocycles. The quantitative estimate of drug-likeness (QED) is 0.625. The molecule has 1 aliphatic rings. The van der Waals surface area contributed by atoms with Crippen LogP contribution in [0.15, 0.2) is 78.9 Å². The molecule has 170 valence electrons. The molecule has 0 spiro atoms.